The number of furan rings is 1. The molecule has 0 aliphatic heterocycles. The van der Waals surface area contributed by atoms with Gasteiger partial charge in [0.05, 0.1) is 5.75 Å². The summed E-state index contributed by atoms with van der Waals surface area (Å²) in [5.74, 6) is 0.319. The lowest BCUT2D eigenvalue weighted by Crippen LogP contribution is -2.10. The van der Waals surface area contributed by atoms with Crippen molar-refractivity contribution in [2.24, 2.45) is 0 Å². The highest BCUT2D eigenvalue weighted by molar-refractivity contribution is 7.91. The van der Waals surface area contributed by atoms with Crippen LogP contribution >= 0.6 is 0 Å². The highest BCUT2D eigenvalue weighted by Crippen LogP contribution is 2.20. The SMILES string of the molecule is CCS(=O)(=O)CCCC(=O)c1cc2ccccc2o1. The van der Waals surface area contributed by atoms with Gasteiger partial charge in [-0.15, -0.1) is 0 Å². The Labute approximate surface area is 112 Å². The summed E-state index contributed by atoms with van der Waals surface area (Å²) in [6.45, 7) is 1.61. The molecule has 0 aliphatic rings. The van der Waals surface area contributed by atoms with Gasteiger partial charge in [-0.3, -0.25) is 4.79 Å². The van der Waals surface area contributed by atoms with Gasteiger partial charge >= 0.3 is 0 Å². The van der Waals surface area contributed by atoms with Gasteiger partial charge in [0.2, 0.25) is 0 Å². The van der Waals surface area contributed by atoms with Gasteiger partial charge in [0.15, 0.2) is 11.5 Å². The fourth-order valence-corrected chi connectivity index (χ4v) is 2.71. The van der Waals surface area contributed by atoms with Crippen molar-refractivity contribution in [1.82, 2.24) is 0 Å². The molecular formula is C14H16O4S. The summed E-state index contributed by atoms with van der Waals surface area (Å²) in [4.78, 5) is 11.9. The number of sulfone groups is 1. The Morgan fingerprint density at radius 3 is 2.68 bits per heavy atom. The van der Waals surface area contributed by atoms with Gasteiger partial charge in [-0.05, 0) is 18.6 Å². The lowest BCUT2D eigenvalue weighted by Gasteiger charge is -1.99. The minimum Gasteiger partial charge on any atom is -0.453 e. The van der Waals surface area contributed by atoms with Crippen molar-refractivity contribution in [1.29, 1.82) is 0 Å². The Balaban J connectivity index is 2.00. The summed E-state index contributed by atoms with van der Waals surface area (Å²) in [5.41, 5.74) is 0.673. The van der Waals surface area contributed by atoms with Gasteiger partial charge in [0.25, 0.3) is 0 Å². The zero-order valence-electron chi connectivity index (χ0n) is 10.8. The topological polar surface area (TPSA) is 64.3 Å². The molecule has 0 unspecified atom stereocenters. The van der Waals surface area contributed by atoms with Crippen molar-refractivity contribution in [3.05, 3.63) is 36.1 Å². The van der Waals surface area contributed by atoms with Crippen LogP contribution in [0.1, 0.15) is 30.3 Å². The van der Waals surface area contributed by atoms with Crippen LogP contribution in [0.2, 0.25) is 0 Å². The van der Waals surface area contributed by atoms with Gasteiger partial charge in [0, 0.05) is 17.6 Å². The van der Waals surface area contributed by atoms with Gasteiger partial charge in [-0.1, -0.05) is 25.1 Å². The molecule has 0 amide bonds. The molecule has 1 heterocycles. The summed E-state index contributed by atoms with van der Waals surface area (Å²) < 4.78 is 28.1. The van der Waals surface area contributed by atoms with E-state index in [4.69, 9.17) is 4.42 Å². The van der Waals surface area contributed by atoms with E-state index in [-0.39, 0.29) is 23.7 Å². The zero-order chi connectivity index (χ0) is 13.9. The Bertz CT molecular complexity index is 649. The van der Waals surface area contributed by atoms with Crippen molar-refractivity contribution in [3.63, 3.8) is 0 Å². The quantitative estimate of drug-likeness (QED) is 0.763. The fraction of sp³-hybridized carbons (Fsp3) is 0.357. The van der Waals surface area contributed by atoms with Gasteiger partial charge < -0.3 is 4.42 Å². The van der Waals surface area contributed by atoms with E-state index in [0.29, 0.717) is 17.8 Å². The van der Waals surface area contributed by atoms with Gasteiger partial charge in [-0.2, -0.15) is 0 Å². The number of rotatable bonds is 6. The second-order valence-corrected chi connectivity index (χ2v) is 6.88. The molecule has 0 saturated heterocycles. The first-order valence-corrected chi connectivity index (χ1v) is 8.06. The smallest absolute Gasteiger partial charge is 0.198 e. The Kier molecular flexibility index (Phi) is 4.04. The number of hydrogen-bond donors (Lipinski definition) is 0. The van der Waals surface area contributed by atoms with Crippen LogP contribution in [0.3, 0.4) is 0 Å². The summed E-state index contributed by atoms with van der Waals surface area (Å²) >= 11 is 0. The largest absolute Gasteiger partial charge is 0.453 e. The highest BCUT2D eigenvalue weighted by Gasteiger charge is 2.14. The van der Waals surface area contributed by atoms with Gasteiger partial charge in [-0.25, -0.2) is 8.42 Å². The Morgan fingerprint density at radius 1 is 1.26 bits per heavy atom. The lowest BCUT2D eigenvalue weighted by molar-refractivity contribution is 0.0957. The van der Waals surface area contributed by atoms with Crippen LogP contribution in [0.5, 0.6) is 0 Å². The van der Waals surface area contributed by atoms with E-state index in [1.165, 1.54) is 0 Å². The molecule has 2 aromatic rings. The molecule has 0 fully saturated rings. The third-order valence-corrected chi connectivity index (χ3v) is 4.79. The number of hydrogen-bond acceptors (Lipinski definition) is 4. The van der Waals surface area contributed by atoms with E-state index in [2.05, 4.69) is 0 Å². The molecule has 0 spiro atoms. The van der Waals surface area contributed by atoms with Crippen molar-refractivity contribution in [2.75, 3.05) is 11.5 Å². The molecule has 4 nitrogen and oxygen atoms in total. The van der Waals surface area contributed by atoms with Crippen molar-refractivity contribution in [2.45, 2.75) is 19.8 Å². The predicted octanol–water partition coefficient (Wildman–Crippen LogP) is 2.83. The molecule has 0 N–H and O–H groups in total. The van der Waals surface area contributed by atoms with E-state index in [9.17, 15) is 13.2 Å². The van der Waals surface area contributed by atoms with Crippen molar-refractivity contribution in [3.8, 4) is 0 Å². The molecule has 102 valence electrons. The Morgan fingerprint density at radius 2 is 2.00 bits per heavy atom. The first kappa shape index (κ1) is 13.8. The number of fused-ring (bicyclic) bond motifs is 1. The molecule has 2 rings (SSSR count). The molecule has 5 heteroatoms. The standard InChI is InChI=1S/C14H16O4S/c1-2-19(16,17)9-5-7-12(15)14-10-11-6-3-4-8-13(11)18-14/h3-4,6,8,10H,2,5,7,9H2,1H3. The lowest BCUT2D eigenvalue weighted by atomic mass is 10.2. The first-order valence-electron chi connectivity index (χ1n) is 6.24. The fourth-order valence-electron chi connectivity index (χ4n) is 1.84. The summed E-state index contributed by atoms with van der Waals surface area (Å²) in [6.07, 6.45) is 0.533. The highest BCUT2D eigenvalue weighted by atomic mass is 32.2. The molecule has 0 radical (unpaired) electrons. The third-order valence-electron chi connectivity index (χ3n) is 3.00. The first-order chi connectivity index (χ1) is 9.02. The maximum atomic E-state index is 11.9. The number of para-hydroxylation sites is 1. The maximum absolute atomic E-state index is 11.9. The third kappa shape index (κ3) is 3.44. The van der Waals surface area contributed by atoms with Gasteiger partial charge in [0.1, 0.15) is 15.4 Å². The molecule has 1 aromatic carbocycles. The van der Waals surface area contributed by atoms with Crippen molar-refractivity contribution < 1.29 is 17.6 Å². The van der Waals surface area contributed by atoms with Crippen LogP contribution in [0.15, 0.2) is 34.7 Å². The zero-order valence-corrected chi connectivity index (χ0v) is 11.6. The number of carbonyl (C=O) groups excluding carboxylic acids is 1. The molecular weight excluding hydrogens is 264 g/mol. The number of benzene rings is 1. The summed E-state index contributed by atoms with van der Waals surface area (Å²) in [7, 11) is -3.00. The van der Waals surface area contributed by atoms with E-state index in [1.54, 1.807) is 19.1 Å². The second kappa shape index (κ2) is 5.57. The minimum atomic E-state index is -3.00. The van der Waals surface area contributed by atoms with Crippen LogP contribution < -0.4 is 0 Å². The van der Waals surface area contributed by atoms with E-state index in [1.807, 2.05) is 18.2 Å². The predicted molar refractivity (Wildman–Crippen MR) is 74.1 cm³/mol. The molecule has 1 aromatic heterocycles. The Hall–Kier alpha value is -1.62. The second-order valence-electron chi connectivity index (χ2n) is 4.41. The summed E-state index contributed by atoms with van der Waals surface area (Å²) in [6, 6.07) is 9.09. The number of Topliss-reactive ketones (excluding diaryl/α,β-unsaturated/α-hetero) is 1. The van der Waals surface area contributed by atoms with Crippen LogP contribution in [0.4, 0.5) is 0 Å². The van der Waals surface area contributed by atoms with Crippen molar-refractivity contribution >= 4 is 26.6 Å². The monoisotopic (exact) mass is 280 g/mol. The minimum absolute atomic E-state index is 0.0511. The van der Waals surface area contributed by atoms with Crippen LogP contribution in [0.25, 0.3) is 11.0 Å². The molecule has 0 saturated carbocycles. The average molecular weight is 280 g/mol. The van der Waals surface area contributed by atoms with Crippen LogP contribution in [-0.4, -0.2) is 25.7 Å². The van der Waals surface area contributed by atoms with E-state index < -0.39 is 9.84 Å². The number of ketones is 1. The van der Waals surface area contributed by atoms with Crippen LogP contribution in [-0.2, 0) is 9.84 Å². The maximum Gasteiger partial charge on any atom is 0.198 e. The molecule has 0 aliphatic carbocycles. The number of carbonyl (C=O) groups is 1. The molecule has 0 atom stereocenters. The van der Waals surface area contributed by atoms with E-state index in [0.717, 1.165) is 5.39 Å². The molecule has 19 heavy (non-hydrogen) atoms. The molecule has 0 bridgehead atoms. The average Bonchev–Trinajstić information content (AvgIpc) is 2.82. The normalized spacial score (nSPS) is 11.8. The van der Waals surface area contributed by atoms with E-state index >= 15 is 0 Å². The summed E-state index contributed by atoms with van der Waals surface area (Å²) in [5, 5.41) is 0.882. The van der Waals surface area contributed by atoms with Crippen LogP contribution in [0, 0.1) is 0 Å².